The van der Waals surface area contributed by atoms with E-state index in [1.165, 1.54) is 6.33 Å². The fraction of sp³-hybridized carbons (Fsp3) is 0.389. The van der Waals surface area contributed by atoms with Gasteiger partial charge >= 0.3 is 0 Å². The summed E-state index contributed by atoms with van der Waals surface area (Å²) in [4.78, 5) is 30.7. The maximum absolute atomic E-state index is 12.8. The number of nitrogens with one attached hydrogen (secondary N) is 1. The number of carbonyl (C=O) groups excluding carboxylic acids is 1. The molecule has 0 unspecified atom stereocenters. The van der Waals surface area contributed by atoms with Gasteiger partial charge < -0.3 is 14.4 Å². The minimum absolute atomic E-state index is 0.0554. The Bertz CT molecular complexity index is 927. The van der Waals surface area contributed by atoms with Gasteiger partial charge in [0.15, 0.2) is 0 Å². The fourth-order valence-electron chi connectivity index (χ4n) is 3.58. The Morgan fingerprint density at radius 3 is 2.85 bits per heavy atom. The quantitative estimate of drug-likeness (QED) is 0.778. The Hall–Kier alpha value is -3.03. The molecule has 8 nitrogen and oxygen atoms in total. The number of amides is 1. The molecule has 0 saturated carbocycles. The first-order chi connectivity index (χ1) is 12.5. The van der Waals surface area contributed by atoms with Crippen LogP contribution in [0, 0.1) is 20.8 Å². The number of rotatable bonds is 3. The number of carbonyl (C=O) groups is 1. The summed E-state index contributed by atoms with van der Waals surface area (Å²) in [5.41, 5.74) is 3.81. The molecule has 3 aromatic rings. The lowest BCUT2D eigenvalue weighted by atomic mass is 10.1. The van der Waals surface area contributed by atoms with E-state index in [0.717, 1.165) is 41.2 Å². The second kappa shape index (κ2) is 6.36. The third kappa shape index (κ3) is 2.77. The predicted octanol–water partition coefficient (Wildman–Crippen LogP) is 2.76. The third-order valence-electron chi connectivity index (χ3n) is 4.73. The van der Waals surface area contributed by atoms with E-state index in [1.807, 2.05) is 31.7 Å². The highest BCUT2D eigenvalue weighted by Gasteiger charge is 2.33. The molecule has 1 aliphatic heterocycles. The number of hydrogen-bond acceptors (Lipinski definition) is 6. The molecule has 0 bridgehead atoms. The summed E-state index contributed by atoms with van der Waals surface area (Å²) < 4.78 is 5.28. The van der Waals surface area contributed by atoms with E-state index < -0.39 is 0 Å². The van der Waals surface area contributed by atoms with E-state index in [9.17, 15) is 4.79 Å². The van der Waals surface area contributed by atoms with Crippen LogP contribution < -0.4 is 0 Å². The van der Waals surface area contributed by atoms with Crippen molar-refractivity contribution in [1.29, 1.82) is 0 Å². The number of aromatic amines is 1. The van der Waals surface area contributed by atoms with Crippen molar-refractivity contribution in [3.05, 3.63) is 47.3 Å². The maximum atomic E-state index is 12.8. The molecule has 4 heterocycles. The van der Waals surface area contributed by atoms with Gasteiger partial charge in [-0.1, -0.05) is 5.16 Å². The van der Waals surface area contributed by atoms with Gasteiger partial charge in [0.05, 0.1) is 41.2 Å². The van der Waals surface area contributed by atoms with Crippen LogP contribution in [0.2, 0.25) is 0 Å². The van der Waals surface area contributed by atoms with E-state index in [-0.39, 0.29) is 11.9 Å². The Morgan fingerprint density at radius 2 is 2.15 bits per heavy atom. The van der Waals surface area contributed by atoms with Crippen molar-refractivity contribution in [2.24, 2.45) is 0 Å². The largest absolute Gasteiger partial charge is 0.361 e. The van der Waals surface area contributed by atoms with Crippen LogP contribution in [0.3, 0.4) is 0 Å². The zero-order valence-corrected chi connectivity index (χ0v) is 15.0. The van der Waals surface area contributed by atoms with Crippen LogP contribution in [0.4, 0.5) is 0 Å². The summed E-state index contributed by atoms with van der Waals surface area (Å²) in [5, 5.41) is 4.02. The molecule has 1 atom stereocenters. The van der Waals surface area contributed by atoms with Gasteiger partial charge in [0.25, 0.3) is 5.91 Å². The van der Waals surface area contributed by atoms with E-state index in [1.54, 1.807) is 6.20 Å². The molecule has 1 saturated heterocycles. The van der Waals surface area contributed by atoms with Crippen LogP contribution in [0.5, 0.6) is 0 Å². The van der Waals surface area contributed by atoms with Gasteiger partial charge in [-0.25, -0.2) is 15.0 Å². The van der Waals surface area contributed by atoms with E-state index >= 15 is 0 Å². The topological polar surface area (TPSA) is 101 Å². The lowest BCUT2D eigenvalue weighted by Gasteiger charge is -2.24. The number of imidazole rings is 1. The molecule has 1 amide bonds. The third-order valence-corrected chi connectivity index (χ3v) is 4.73. The summed E-state index contributed by atoms with van der Waals surface area (Å²) >= 11 is 0. The molecular formula is C18H20N6O2. The van der Waals surface area contributed by atoms with E-state index in [4.69, 9.17) is 4.52 Å². The summed E-state index contributed by atoms with van der Waals surface area (Å²) in [6, 6.07) is 1.87. The van der Waals surface area contributed by atoms with Crippen molar-refractivity contribution in [2.75, 3.05) is 6.54 Å². The number of nitrogens with zero attached hydrogens (tertiary/aromatic N) is 5. The van der Waals surface area contributed by atoms with E-state index in [0.29, 0.717) is 18.1 Å². The Balaban J connectivity index is 1.72. The summed E-state index contributed by atoms with van der Waals surface area (Å²) in [6.45, 7) is 6.33. The van der Waals surface area contributed by atoms with Crippen LogP contribution in [0.25, 0.3) is 11.3 Å². The lowest BCUT2D eigenvalue weighted by molar-refractivity contribution is 0.0727. The SMILES string of the molecule is Cc1nc(-c2c(C)noc2C)cc([C@H]2CCCN2C(=O)c2cnc[nH]2)n1. The van der Waals surface area contributed by atoms with Crippen molar-refractivity contribution in [2.45, 2.75) is 39.7 Å². The van der Waals surface area contributed by atoms with Crippen molar-refractivity contribution in [1.82, 2.24) is 30.0 Å². The normalized spacial score (nSPS) is 17.0. The summed E-state index contributed by atoms with van der Waals surface area (Å²) in [7, 11) is 0. The van der Waals surface area contributed by atoms with Crippen molar-refractivity contribution < 1.29 is 9.32 Å². The minimum atomic E-state index is -0.0771. The first-order valence-corrected chi connectivity index (χ1v) is 8.62. The van der Waals surface area contributed by atoms with Gasteiger partial charge in [0.1, 0.15) is 17.3 Å². The molecule has 134 valence electrons. The molecule has 1 N–H and O–H groups in total. The molecular weight excluding hydrogens is 332 g/mol. The molecule has 0 radical (unpaired) electrons. The molecule has 4 rings (SSSR count). The standard InChI is InChI=1S/C18H20N6O2/c1-10-17(11(2)26-23-10)14-7-13(21-12(3)22-14)16-5-4-6-24(16)18(25)15-8-19-9-20-15/h7-9,16H,4-6H2,1-3H3,(H,19,20)/t16-/m1/s1. The molecule has 3 aromatic heterocycles. The number of hydrogen-bond donors (Lipinski definition) is 1. The summed E-state index contributed by atoms with van der Waals surface area (Å²) in [5.74, 6) is 1.34. The smallest absolute Gasteiger partial charge is 0.272 e. The van der Waals surface area contributed by atoms with Gasteiger partial charge in [-0.05, 0) is 39.7 Å². The maximum Gasteiger partial charge on any atom is 0.272 e. The average Bonchev–Trinajstić information content (AvgIpc) is 3.35. The first-order valence-electron chi connectivity index (χ1n) is 8.62. The molecule has 0 aliphatic carbocycles. The Morgan fingerprint density at radius 1 is 1.31 bits per heavy atom. The highest BCUT2D eigenvalue weighted by molar-refractivity contribution is 5.92. The number of H-pyrrole nitrogens is 1. The van der Waals surface area contributed by atoms with Crippen LogP contribution in [-0.2, 0) is 0 Å². The summed E-state index contributed by atoms with van der Waals surface area (Å²) in [6.07, 6.45) is 4.88. The molecule has 1 aliphatic rings. The Kier molecular flexibility index (Phi) is 4.02. The average molecular weight is 352 g/mol. The van der Waals surface area contributed by atoms with Gasteiger partial charge in [0.2, 0.25) is 0 Å². The molecule has 0 spiro atoms. The van der Waals surface area contributed by atoms with Crippen LogP contribution >= 0.6 is 0 Å². The first kappa shape index (κ1) is 16.4. The van der Waals surface area contributed by atoms with E-state index in [2.05, 4.69) is 25.1 Å². The highest BCUT2D eigenvalue weighted by Crippen LogP contribution is 2.34. The fourth-order valence-corrected chi connectivity index (χ4v) is 3.58. The second-order valence-electron chi connectivity index (χ2n) is 6.55. The number of aromatic nitrogens is 5. The van der Waals surface area contributed by atoms with Gasteiger partial charge in [-0.15, -0.1) is 0 Å². The zero-order chi connectivity index (χ0) is 18.3. The lowest BCUT2D eigenvalue weighted by Crippen LogP contribution is -2.31. The number of aryl methyl sites for hydroxylation is 3. The minimum Gasteiger partial charge on any atom is -0.361 e. The molecule has 26 heavy (non-hydrogen) atoms. The van der Waals surface area contributed by atoms with Gasteiger partial charge in [-0.3, -0.25) is 4.79 Å². The highest BCUT2D eigenvalue weighted by atomic mass is 16.5. The van der Waals surface area contributed by atoms with Crippen LogP contribution in [0.15, 0.2) is 23.1 Å². The van der Waals surface area contributed by atoms with Crippen LogP contribution in [-0.4, -0.2) is 42.4 Å². The predicted molar refractivity (Wildman–Crippen MR) is 93.3 cm³/mol. The molecule has 1 fully saturated rings. The van der Waals surface area contributed by atoms with Crippen LogP contribution in [0.1, 0.15) is 52.3 Å². The van der Waals surface area contributed by atoms with Gasteiger partial charge in [-0.2, -0.15) is 0 Å². The monoisotopic (exact) mass is 352 g/mol. The van der Waals surface area contributed by atoms with Crippen molar-refractivity contribution >= 4 is 5.91 Å². The van der Waals surface area contributed by atoms with Crippen molar-refractivity contribution in [3.8, 4) is 11.3 Å². The second-order valence-corrected chi connectivity index (χ2v) is 6.55. The number of likely N-dealkylation sites (tertiary alicyclic amines) is 1. The Labute approximate surface area is 150 Å². The van der Waals surface area contributed by atoms with Gasteiger partial charge in [0, 0.05) is 6.54 Å². The molecule has 8 heteroatoms. The van der Waals surface area contributed by atoms with Crippen molar-refractivity contribution in [3.63, 3.8) is 0 Å². The molecule has 0 aromatic carbocycles. The zero-order valence-electron chi connectivity index (χ0n) is 15.0.